The third-order valence-electron chi connectivity index (χ3n) is 4.03. The quantitative estimate of drug-likeness (QED) is 0.526. The number of alkyl halides is 3. The molecule has 0 radical (unpaired) electrons. The maximum absolute atomic E-state index is 13.6. The van der Waals surface area contributed by atoms with Crippen molar-refractivity contribution in [3.63, 3.8) is 0 Å². The summed E-state index contributed by atoms with van der Waals surface area (Å²) in [7, 11) is 0. The van der Waals surface area contributed by atoms with E-state index in [0.717, 1.165) is 12.1 Å². The summed E-state index contributed by atoms with van der Waals surface area (Å²) in [5.74, 6) is 0.574. The summed E-state index contributed by atoms with van der Waals surface area (Å²) in [6.45, 7) is 1.74. The molecule has 0 unspecified atom stereocenters. The number of hydrogen-bond donors (Lipinski definition) is 1. The molecule has 0 atom stereocenters. The number of anilines is 2. The van der Waals surface area contributed by atoms with Crippen molar-refractivity contribution in [3.05, 3.63) is 65.9 Å². The summed E-state index contributed by atoms with van der Waals surface area (Å²) >= 11 is 0. The Balaban J connectivity index is 1.67. The van der Waals surface area contributed by atoms with Crippen LogP contribution in [-0.2, 0) is 6.18 Å². The van der Waals surface area contributed by atoms with E-state index in [-0.39, 0.29) is 5.95 Å². The Kier molecular flexibility index (Phi) is 4.17. The third kappa shape index (κ3) is 3.36. The summed E-state index contributed by atoms with van der Waals surface area (Å²) in [6, 6.07) is 8.66. The van der Waals surface area contributed by atoms with Crippen molar-refractivity contribution in [2.45, 2.75) is 13.1 Å². The van der Waals surface area contributed by atoms with Gasteiger partial charge in [-0.3, -0.25) is 4.57 Å². The van der Waals surface area contributed by atoms with Crippen molar-refractivity contribution >= 4 is 22.7 Å². The highest BCUT2D eigenvalue weighted by Gasteiger charge is 2.29. The van der Waals surface area contributed by atoms with Crippen LogP contribution in [-0.4, -0.2) is 24.7 Å². The molecule has 1 N–H and O–H groups in total. The minimum absolute atomic E-state index is 0.0786. The maximum atomic E-state index is 13.6. The van der Waals surface area contributed by atoms with Gasteiger partial charge in [0.2, 0.25) is 5.95 Å². The summed E-state index contributed by atoms with van der Waals surface area (Å²) in [5, 5.41) is 10.5. The van der Waals surface area contributed by atoms with Gasteiger partial charge in [0.05, 0.1) is 22.8 Å². The first-order valence-corrected chi connectivity index (χ1v) is 8.10. The Morgan fingerprint density at radius 3 is 2.46 bits per heavy atom. The predicted octanol–water partition coefficient (Wildman–Crippen LogP) is 4.42. The lowest BCUT2D eigenvalue weighted by molar-refractivity contribution is -0.137. The van der Waals surface area contributed by atoms with Crippen molar-refractivity contribution in [2.24, 2.45) is 0 Å². The van der Waals surface area contributed by atoms with Gasteiger partial charge in [0.25, 0.3) is 0 Å². The maximum Gasteiger partial charge on any atom is 0.416 e. The highest BCUT2D eigenvalue weighted by Crippen LogP contribution is 2.30. The summed E-state index contributed by atoms with van der Waals surface area (Å²) in [5.41, 5.74) is 0.715. The van der Waals surface area contributed by atoms with Gasteiger partial charge in [-0.25, -0.2) is 9.37 Å². The van der Waals surface area contributed by atoms with E-state index in [2.05, 4.69) is 25.5 Å². The molecular formula is C18H12F4N6. The highest BCUT2D eigenvalue weighted by atomic mass is 19.4. The smallest absolute Gasteiger partial charge is 0.323 e. The lowest BCUT2D eigenvalue weighted by atomic mass is 10.2. The first kappa shape index (κ1) is 17.8. The minimum Gasteiger partial charge on any atom is -0.323 e. The molecule has 2 heterocycles. The van der Waals surface area contributed by atoms with E-state index >= 15 is 0 Å². The van der Waals surface area contributed by atoms with Crippen LogP contribution in [0.25, 0.3) is 16.9 Å². The molecule has 6 nitrogen and oxygen atoms in total. The lowest BCUT2D eigenvalue weighted by Crippen LogP contribution is -2.07. The second-order valence-electron chi connectivity index (χ2n) is 5.97. The molecule has 0 amide bonds. The van der Waals surface area contributed by atoms with Crippen LogP contribution >= 0.6 is 0 Å². The van der Waals surface area contributed by atoms with E-state index in [4.69, 9.17) is 0 Å². The van der Waals surface area contributed by atoms with Gasteiger partial charge in [0, 0.05) is 11.8 Å². The first-order chi connectivity index (χ1) is 13.3. The van der Waals surface area contributed by atoms with Crippen molar-refractivity contribution in [1.82, 2.24) is 24.7 Å². The number of rotatable bonds is 3. The molecule has 10 heteroatoms. The van der Waals surface area contributed by atoms with Gasteiger partial charge >= 0.3 is 6.18 Å². The van der Waals surface area contributed by atoms with E-state index < -0.39 is 17.6 Å². The Bertz CT molecular complexity index is 1150. The van der Waals surface area contributed by atoms with E-state index in [1.165, 1.54) is 30.5 Å². The molecule has 142 valence electrons. The van der Waals surface area contributed by atoms with Crippen LogP contribution in [0, 0.1) is 12.7 Å². The van der Waals surface area contributed by atoms with E-state index in [0.29, 0.717) is 28.4 Å². The van der Waals surface area contributed by atoms with Crippen LogP contribution in [0.15, 0.2) is 48.7 Å². The SMILES string of the molecule is Cc1nc2ccc(F)cc2n1-c1cnnc(Nc2ccc(C(F)(F)F)cc2)n1. The van der Waals surface area contributed by atoms with Gasteiger partial charge in [-0.15, -0.1) is 5.10 Å². The van der Waals surface area contributed by atoms with Crippen molar-refractivity contribution in [2.75, 3.05) is 5.32 Å². The molecule has 2 aromatic heterocycles. The van der Waals surface area contributed by atoms with Crippen molar-refractivity contribution in [3.8, 4) is 5.82 Å². The number of fused-ring (bicyclic) bond motifs is 1. The van der Waals surface area contributed by atoms with Gasteiger partial charge in [-0.05, 0) is 43.3 Å². The Morgan fingerprint density at radius 2 is 1.75 bits per heavy atom. The second kappa shape index (κ2) is 6.55. The van der Waals surface area contributed by atoms with Gasteiger partial charge in [-0.2, -0.15) is 23.3 Å². The molecule has 0 bridgehead atoms. The summed E-state index contributed by atoms with van der Waals surface area (Å²) < 4.78 is 53.2. The number of hydrogen-bond acceptors (Lipinski definition) is 5. The number of benzene rings is 2. The number of nitrogens with zero attached hydrogens (tertiary/aromatic N) is 5. The third-order valence-corrected chi connectivity index (χ3v) is 4.03. The molecule has 28 heavy (non-hydrogen) atoms. The zero-order valence-corrected chi connectivity index (χ0v) is 14.4. The summed E-state index contributed by atoms with van der Waals surface area (Å²) in [6.07, 6.45) is -3.03. The van der Waals surface area contributed by atoms with Crippen LogP contribution in [0.1, 0.15) is 11.4 Å². The number of imidazole rings is 1. The molecule has 0 fully saturated rings. The number of aryl methyl sites for hydroxylation is 1. The van der Waals surface area contributed by atoms with Gasteiger partial charge in [0.15, 0.2) is 5.82 Å². The Labute approximate surface area is 155 Å². The Morgan fingerprint density at radius 1 is 1.00 bits per heavy atom. The number of nitrogens with one attached hydrogen (secondary N) is 1. The number of halogens is 4. The monoisotopic (exact) mass is 388 g/mol. The zero-order valence-electron chi connectivity index (χ0n) is 14.4. The van der Waals surface area contributed by atoms with Crippen LogP contribution in [0.4, 0.5) is 29.2 Å². The van der Waals surface area contributed by atoms with Crippen molar-refractivity contribution in [1.29, 1.82) is 0 Å². The molecular weight excluding hydrogens is 376 g/mol. The molecule has 0 saturated heterocycles. The van der Waals surface area contributed by atoms with Crippen LogP contribution < -0.4 is 5.32 Å². The Hall–Kier alpha value is -3.56. The fraction of sp³-hybridized carbons (Fsp3) is 0.111. The molecule has 0 aliphatic carbocycles. The van der Waals surface area contributed by atoms with Crippen LogP contribution in [0.2, 0.25) is 0 Å². The van der Waals surface area contributed by atoms with Crippen LogP contribution in [0.5, 0.6) is 0 Å². The van der Waals surface area contributed by atoms with Crippen molar-refractivity contribution < 1.29 is 17.6 Å². The average Bonchev–Trinajstić information content (AvgIpc) is 2.96. The molecule has 0 saturated carbocycles. The molecule has 0 aliphatic heterocycles. The molecule has 0 spiro atoms. The topological polar surface area (TPSA) is 68.5 Å². The fourth-order valence-electron chi connectivity index (χ4n) is 2.79. The largest absolute Gasteiger partial charge is 0.416 e. The van der Waals surface area contributed by atoms with E-state index in [9.17, 15) is 17.6 Å². The van der Waals surface area contributed by atoms with E-state index in [1.807, 2.05) is 0 Å². The summed E-state index contributed by atoms with van der Waals surface area (Å²) in [4.78, 5) is 8.67. The van der Waals surface area contributed by atoms with Crippen LogP contribution in [0.3, 0.4) is 0 Å². The molecule has 2 aromatic carbocycles. The number of aromatic nitrogens is 5. The predicted molar refractivity (Wildman–Crippen MR) is 93.9 cm³/mol. The molecule has 4 aromatic rings. The second-order valence-corrected chi connectivity index (χ2v) is 5.97. The van der Waals surface area contributed by atoms with Gasteiger partial charge in [0.1, 0.15) is 11.6 Å². The van der Waals surface area contributed by atoms with E-state index in [1.54, 1.807) is 17.6 Å². The molecule has 0 aliphatic rings. The zero-order chi connectivity index (χ0) is 19.9. The minimum atomic E-state index is -4.41. The average molecular weight is 388 g/mol. The normalized spacial score (nSPS) is 11.8. The standard InChI is InChI=1S/C18H12F4N6/c1-10-24-14-7-4-12(19)8-15(14)28(10)16-9-23-27-17(26-16)25-13-5-2-11(3-6-13)18(20,21)22/h2-9H,1H3,(H,25,26,27). The van der Waals surface area contributed by atoms with Gasteiger partial charge < -0.3 is 5.32 Å². The van der Waals surface area contributed by atoms with Gasteiger partial charge in [-0.1, -0.05) is 0 Å². The highest BCUT2D eigenvalue weighted by molar-refractivity contribution is 5.78. The first-order valence-electron chi connectivity index (χ1n) is 8.10. The lowest BCUT2D eigenvalue weighted by Gasteiger charge is -2.10. The molecule has 4 rings (SSSR count). The fourth-order valence-corrected chi connectivity index (χ4v) is 2.79.